The number of benzene rings is 1. The smallest absolute Gasteiger partial charge is 0.322 e. The Balaban J connectivity index is 2.29. The average molecular weight is 343 g/mol. The molecule has 0 aliphatic carbocycles. The van der Waals surface area contributed by atoms with Crippen LogP contribution in [0.3, 0.4) is 0 Å². The molecule has 0 bridgehead atoms. The molecule has 1 unspecified atom stereocenters. The Morgan fingerprint density at radius 1 is 1.30 bits per heavy atom. The number of likely N-dealkylation sites (N-methyl/N-ethyl adjacent to an activating group) is 1. The van der Waals surface area contributed by atoms with Gasteiger partial charge in [-0.2, -0.15) is 4.31 Å². The van der Waals surface area contributed by atoms with Gasteiger partial charge in [0.2, 0.25) is 10.0 Å². The summed E-state index contributed by atoms with van der Waals surface area (Å²) in [7, 11) is -1.10. The second-order valence-electron chi connectivity index (χ2n) is 5.43. The first-order chi connectivity index (χ1) is 10.9. The van der Waals surface area contributed by atoms with Gasteiger partial charge in [-0.3, -0.25) is 4.79 Å². The zero-order valence-electron chi connectivity index (χ0n) is 13.1. The third-order valence-corrected chi connectivity index (χ3v) is 5.95. The van der Waals surface area contributed by atoms with Gasteiger partial charge in [0.1, 0.15) is 11.8 Å². The molecule has 1 heterocycles. The fraction of sp³-hybridized carbons (Fsp3) is 0.533. The topological polar surface area (TPSA) is 93.1 Å². The Bertz CT molecular complexity index is 636. The molecule has 1 aliphatic heterocycles. The maximum Gasteiger partial charge on any atom is 0.322 e. The van der Waals surface area contributed by atoms with E-state index in [2.05, 4.69) is 0 Å². The molecule has 2 rings (SSSR count). The molecular formula is C15H21NO6S. The lowest BCUT2D eigenvalue weighted by molar-refractivity contribution is -0.144. The van der Waals surface area contributed by atoms with Gasteiger partial charge in [-0.15, -0.1) is 0 Å². The number of ether oxygens (including phenoxy) is 2. The molecule has 0 aromatic heterocycles. The lowest BCUT2D eigenvalue weighted by Crippen LogP contribution is -2.48. The predicted molar refractivity (Wildman–Crippen MR) is 82.9 cm³/mol. The summed E-state index contributed by atoms with van der Waals surface area (Å²) >= 11 is 0. The fourth-order valence-corrected chi connectivity index (χ4v) is 4.12. The van der Waals surface area contributed by atoms with Crippen LogP contribution in [0.1, 0.15) is 12.8 Å². The van der Waals surface area contributed by atoms with Crippen LogP contribution in [0.4, 0.5) is 0 Å². The molecule has 1 N–H and O–H groups in total. The van der Waals surface area contributed by atoms with E-state index >= 15 is 0 Å². The van der Waals surface area contributed by atoms with Crippen LogP contribution >= 0.6 is 0 Å². The van der Waals surface area contributed by atoms with Crippen molar-refractivity contribution in [3.8, 4) is 5.75 Å². The molecule has 1 aromatic rings. The molecule has 7 nitrogen and oxygen atoms in total. The Kier molecular flexibility index (Phi) is 5.61. The Morgan fingerprint density at radius 3 is 2.35 bits per heavy atom. The number of methoxy groups -OCH3 is 1. The van der Waals surface area contributed by atoms with Crippen molar-refractivity contribution in [1.82, 2.24) is 4.31 Å². The molecule has 0 amide bonds. The lowest BCUT2D eigenvalue weighted by atomic mass is 9.92. The Hall–Kier alpha value is -1.64. The molecule has 1 saturated heterocycles. The van der Waals surface area contributed by atoms with Crippen molar-refractivity contribution < 1.29 is 27.8 Å². The van der Waals surface area contributed by atoms with Crippen molar-refractivity contribution in [2.75, 3.05) is 27.4 Å². The minimum atomic E-state index is -3.90. The van der Waals surface area contributed by atoms with E-state index in [0.717, 1.165) is 4.31 Å². The van der Waals surface area contributed by atoms with Crippen LogP contribution in [0.5, 0.6) is 5.75 Å². The molecule has 8 heteroatoms. The molecule has 128 valence electrons. The van der Waals surface area contributed by atoms with Gasteiger partial charge in [0, 0.05) is 20.3 Å². The van der Waals surface area contributed by atoms with Crippen LogP contribution in [0.15, 0.2) is 29.2 Å². The van der Waals surface area contributed by atoms with E-state index in [0.29, 0.717) is 31.8 Å². The first-order valence-corrected chi connectivity index (χ1v) is 8.74. The van der Waals surface area contributed by atoms with Crippen LogP contribution in [0.25, 0.3) is 0 Å². The van der Waals surface area contributed by atoms with Crippen molar-refractivity contribution in [3.05, 3.63) is 24.3 Å². The average Bonchev–Trinajstić information content (AvgIpc) is 2.55. The largest absolute Gasteiger partial charge is 0.497 e. The summed E-state index contributed by atoms with van der Waals surface area (Å²) in [6.07, 6.45) is 1.05. The van der Waals surface area contributed by atoms with Crippen LogP contribution < -0.4 is 4.74 Å². The lowest BCUT2D eigenvalue weighted by Gasteiger charge is -2.33. The van der Waals surface area contributed by atoms with E-state index in [9.17, 15) is 18.3 Å². The number of carboxylic acids is 1. The van der Waals surface area contributed by atoms with Gasteiger partial charge in [-0.25, -0.2) is 8.42 Å². The number of hydrogen-bond acceptors (Lipinski definition) is 5. The molecule has 1 aliphatic rings. The van der Waals surface area contributed by atoms with Crippen LogP contribution in [-0.2, 0) is 19.6 Å². The molecule has 1 aromatic carbocycles. The van der Waals surface area contributed by atoms with Gasteiger partial charge in [-0.05, 0) is 43.0 Å². The quantitative estimate of drug-likeness (QED) is 0.834. The number of aliphatic carboxylic acids is 1. The third-order valence-electron chi connectivity index (χ3n) is 4.09. The van der Waals surface area contributed by atoms with Crippen molar-refractivity contribution in [3.63, 3.8) is 0 Å². The van der Waals surface area contributed by atoms with Crippen LogP contribution in [0.2, 0.25) is 0 Å². The standard InChI is InChI=1S/C15H21NO6S/c1-16(14(15(17)18)11-7-9-22-10-8-11)23(19,20)13-5-3-12(21-2)4-6-13/h3-6,11,14H,7-10H2,1-2H3,(H,17,18). The molecule has 1 fully saturated rings. The van der Waals surface area contributed by atoms with Gasteiger partial charge in [0.05, 0.1) is 12.0 Å². The summed E-state index contributed by atoms with van der Waals surface area (Å²) in [5, 5.41) is 9.52. The number of hydrogen-bond donors (Lipinski definition) is 1. The summed E-state index contributed by atoms with van der Waals surface area (Å²) < 4.78 is 36.6. The summed E-state index contributed by atoms with van der Waals surface area (Å²) in [6, 6.07) is 4.78. The number of rotatable bonds is 6. The third kappa shape index (κ3) is 3.82. The van der Waals surface area contributed by atoms with Gasteiger partial charge in [-0.1, -0.05) is 0 Å². The van der Waals surface area contributed by atoms with Crippen LogP contribution in [-0.4, -0.2) is 57.2 Å². The second-order valence-corrected chi connectivity index (χ2v) is 7.43. The molecule has 0 saturated carbocycles. The monoisotopic (exact) mass is 343 g/mol. The van der Waals surface area contributed by atoms with Crippen molar-refractivity contribution in [1.29, 1.82) is 0 Å². The summed E-state index contributed by atoms with van der Waals surface area (Å²) in [5.74, 6) is -0.874. The highest BCUT2D eigenvalue weighted by Crippen LogP contribution is 2.27. The fourth-order valence-electron chi connectivity index (χ4n) is 2.75. The molecular weight excluding hydrogens is 322 g/mol. The summed E-state index contributed by atoms with van der Waals surface area (Å²) in [6.45, 7) is 0.899. The van der Waals surface area contributed by atoms with Gasteiger partial charge >= 0.3 is 5.97 Å². The summed E-state index contributed by atoms with van der Waals surface area (Å²) in [4.78, 5) is 11.7. The van der Waals surface area contributed by atoms with E-state index in [1.807, 2.05) is 0 Å². The molecule has 0 radical (unpaired) electrons. The zero-order chi connectivity index (χ0) is 17.0. The highest BCUT2D eigenvalue weighted by Gasteiger charge is 2.39. The Labute approximate surface area is 135 Å². The maximum absolute atomic E-state index is 12.7. The normalized spacial score (nSPS) is 17.9. The van der Waals surface area contributed by atoms with E-state index in [1.54, 1.807) is 0 Å². The molecule has 0 spiro atoms. The predicted octanol–water partition coefficient (Wildman–Crippen LogP) is 1.20. The van der Waals surface area contributed by atoms with Crippen LogP contribution in [0, 0.1) is 5.92 Å². The Morgan fingerprint density at radius 2 is 1.87 bits per heavy atom. The second kappa shape index (κ2) is 7.29. The SMILES string of the molecule is COc1ccc(S(=O)(=O)N(C)C(C(=O)O)C2CCOCC2)cc1. The van der Waals surface area contributed by atoms with Gasteiger partial charge in [0.25, 0.3) is 0 Å². The van der Waals surface area contributed by atoms with E-state index in [1.165, 1.54) is 38.4 Å². The van der Waals surface area contributed by atoms with Crippen molar-refractivity contribution in [2.45, 2.75) is 23.8 Å². The number of nitrogens with zero attached hydrogens (tertiary/aromatic N) is 1. The van der Waals surface area contributed by atoms with E-state index < -0.39 is 22.0 Å². The highest BCUT2D eigenvalue weighted by atomic mass is 32.2. The maximum atomic E-state index is 12.7. The van der Waals surface area contributed by atoms with E-state index in [-0.39, 0.29) is 10.8 Å². The van der Waals surface area contributed by atoms with Crippen molar-refractivity contribution in [2.24, 2.45) is 5.92 Å². The van der Waals surface area contributed by atoms with Gasteiger partial charge < -0.3 is 14.6 Å². The molecule has 1 atom stereocenters. The minimum absolute atomic E-state index is 0.0408. The summed E-state index contributed by atoms with van der Waals surface area (Å²) in [5.41, 5.74) is 0. The number of carboxylic acid groups (broad SMARTS) is 1. The zero-order valence-corrected chi connectivity index (χ0v) is 14.0. The minimum Gasteiger partial charge on any atom is -0.497 e. The molecule has 23 heavy (non-hydrogen) atoms. The number of sulfonamides is 1. The van der Waals surface area contributed by atoms with Gasteiger partial charge in [0.15, 0.2) is 0 Å². The highest BCUT2D eigenvalue weighted by molar-refractivity contribution is 7.89. The number of carbonyl (C=O) groups is 1. The first kappa shape index (κ1) is 17.7. The first-order valence-electron chi connectivity index (χ1n) is 7.30. The van der Waals surface area contributed by atoms with E-state index in [4.69, 9.17) is 9.47 Å². The van der Waals surface area contributed by atoms with Crippen molar-refractivity contribution >= 4 is 16.0 Å².